The highest BCUT2D eigenvalue weighted by molar-refractivity contribution is 6.04. The van der Waals surface area contributed by atoms with Crippen molar-refractivity contribution >= 4 is 11.6 Å². The Bertz CT molecular complexity index is 1380. The lowest BCUT2D eigenvalue weighted by atomic mass is 10.2. The Kier molecular flexibility index (Phi) is 5.27. The minimum absolute atomic E-state index is 0.0359. The van der Waals surface area contributed by atoms with E-state index < -0.39 is 40.7 Å². The lowest BCUT2D eigenvalue weighted by Gasteiger charge is -2.10. The second-order valence-corrected chi connectivity index (χ2v) is 6.61. The predicted molar refractivity (Wildman–Crippen MR) is 101 cm³/mol. The molecule has 0 radical (unpaired) electrons. The van der Waals surface area contributed by atoms with Crippen molar-refractivity contribution in [2.24, 2.45) is 7.05 Å². The Morgan fingerprint density at radius 2 is 1.82 bits per heavy atom. The molecule has 170 valence electrons. The first-order chi connectivity index (χ1) is 15.6. The molecule has 0 spiro atoms. The van der Waals surface area contributed by atoms with E-state index in [1.807, 2.05) is 0 Å². The van der Waals surface area contributed by atoms with E-state index in [4.69, 9.17) is 0 Å². The molecule has 9 nitrogen and oxygen atoms in total. The van der Waals surface area contributed by atoms with Crippen LogP contribution in [0.4, 0.5) is 27.6 Å². The largest absolute Gasteiger partial charge is 0.441 e. The Morgan fingerprint density at radius 3 is 2.36 bits per heavy atom. The zero-order valence-electron chi connectivity index (χ0n) is 16.4. The Hall–Kier alpha value is -4.36. The SMILES string of the molecule is Cn1c(-c2cc(C(F)(F)F)n(-c3ccc(NC(=O)c4c(F)cccc4F)cn3)n2)noc1=O. The number of halogens is 5. The molecule has 0 aliphatic rings. The number of carbonyl (C=O) groups excluding carboxylic acids is 1. The fourth-order valence-electron chi connectivity index (χ4n) is 2.87. The number of nitrogens with zero attached hydrogens (tertiary/aromatic N) is 5. The third-order valence-corrected chi connectivity index (χ3v) is 4.44. The number of carbonyl (C=O) groups is 1. The van der Waals surface area contributed by atoms with Crippen molar-refractivity contribution in [3.05, 3.63) is 76.0 Å². The third-order valence-electron chi connectivity index (χ3n) is 4.44. The van der Waals surface area contributed by atoms with Crippen molar-refractivity contribution < 1.29 is 31.3 Å². The van der Waals surface area contributed by atoms with Crippen molar-refractivity contribution in [3.63, 3.8) is 0 Å². The molecular weight excluding hydrogens is 455 g/mol. The molecule has 3 heterocycles. The number of hydrogen-bond donors (Lipinski definition) is 1. The van der Waals surface area contributed by atoms with Crippen LogP contribution in [0.1, 0.15) is 16.1 Å². The van der Waals surface area contributed by atoms with E-state index in [1.165, 1.54) is 13.1 Å². The molecule has 0 saturated heterocycles. The maximum absolute atomic E-state index is 13.7. The first-order valence-corrected chi connectivity index (χ1v) is 8.98. The van der Waals surface area contributed by atoms with Crippen molar-refractivity contribution in [2.75, 3.05) is 5.32 Å². The topological polar surface area (TPSA) is 108 Å². The van der Waals surface area contributed by atoms with Crippen molar-refractivity contribution in [1.82, 2.24) is 24.5 Å². The molecule has 1 amide bonds. The third kappa shape index (κ3) is 4.09. The van der Waals surface area contributed by atoms with E-state index >= 15 is 0 Å². The van der Waals surface area contributed by atoms with Crippen LogP contribution in [-0.4, -0.2) is 30.4 Å². The number of benzene rings is 1. The molecule has 1 N–H and O–H groups in total. The summed E-state index contributed by atoms with van der Waals surface area (Å²) in [5, 5.41) is 9.44. The number of aromatic nitrogens is 5. The Labute approximate surface area is 180 Å². The van der Waals surface area contributed by atoms with Gasteiger partial charge in [-0.1, -0.05) is 11.2 Å². The maximum Gasteiger partial charge on any atom is 0.441 e. The van der Waals surface area contributed by atoms with Crippen LogP contribution in [-0.2, 0) is 13.2 Å². The average Bonchev–Trinajstić information content (AvgIpc) is 3.32. The summed E-state index contributed by atoms with van der Waals surface area (Å²) in [6.07, 6.45) is -3.86. The molecule has 3 aromatic heterocycles. The van der Waals surface area contributed by atoms with Gasteiger partial charge in [-0.2, -0.15) is 18.3 Å². The summed E-state index contributed by atoms with van der Waals surface area (Å²) in [4.78, 5) is 27.4. The molecule has 0 aliphatic carbocycles. The van der Waals surface area contributed by atoms with Crippen LogP contribution in [0, 0.1) is 11.6 Å². The molecule has 4 rings (SSSR count). The van der Waals surface area contributed by atoms with Crippen molar-refractivity contribution in [3.8, 4) is 17.3 Å². The fraction of sp³-hybridized carbons (Fsp3) is 0.105. The number of alkyl halides is 3. The van der Waals surface area contributed by atoms with E-state index in [9.17, 15) is 31.5 Å². The Morgan fingerprint density at radius 1 is 1.12 bits per heavy atom. The highest BCUT2D eigenvalue weighted by atomic mass is 19.4. The number of rotatable bonds is 4. The van der Waals surface area contributed by atoms with Crippen molar-refractivity contribution in [1.29, 1.82) is 0 Å². The van der Waals surface area contributed by atoms with Crippen LogP contribution in [0.2, 0.25) is 0 Å². The van der Waals surface area contributed by atoms with E-state index in [0.29, 0.717) is 10.7 Å². The second kappa shape index (κ2) is 7.96. The normalized spacial score (nSPS) is 11.6. The molecule has 0 aliphatic heterocycles. The lowest BCUT2D eigenvalue weighted by Crippen LogP contribution is -2.17. The van der Waals surface area contributed by atoms with Gasteiger partial charge < -0.3 is 5.32 Å². The zero-order valence-corrected chi connectivity index (χ0v) is 16.4. The standard InChI is InChI=1S/C19H11F5N6O3/c1-29-16(28-33-18(29)32)12-7-13(19(22,23)24)30(27-12)14-6-5-9(8-25-14)26-17(31)15-10(20)3-2-4-11(15)21/h2-8H,1H3,(H,26,31). The van der Waals surface area contributed by atoms with Gasteiger partial charge in [-0.15, -0.1) is 0 Å². The van der Waals surface area contributed by atoms with E-state index in [0.717, 1.165) is 35.0 Å². The average molecular weight is 466 g/mol. The molecular formula is C19H11F5N6O3. The monoisotopic (exact) mass is 466 g/mol. The summed E-state index contributed by atoms with van der Waals surface area (Å²) in [5.41, 5.74) is -2.38. The van der Waals surface area contributed by atoms with Gasteiger partial charge in [0.2, 0.25) is 5.82 Å². The fourth-order valence-corrected chi connectivity index (χ4v) is 2.87. The highest BCUT2D eigenvalue weighted by Crippen LogP contribution is 2.33. The van der Waals surface area contributed by atoms with E-state index in [-0.39, 0.29) is 23.0 Å². The lowest BCUT2D eigenvalue weighted by molar-refractivity contribution is -0.142. The van der Waals surface area contributed by atoms with Crippen LogP contribution in [0.25, 0.3) is 17.3 Å². The molecule has 0 atom stereocenters. The molecule has 4 aromatic rings. The summed E-state index contributed by atoms with van der Waals surface area (Å²) in [6.45, 7) is 0. The molecule has 33 heavy (non-hydrogen) atoms. The van der Waals surface area contributed by atoms with Crippen molar-refractivity contribution in [2.45, 2.75) is 6.18 Å². The summed E-state index contributed by atoms with van der Waals surface area (Å²) in [6, 6.07) is 5.82. The predicted octanol–water partition coefficient (Wildman–Crippen LogP) is 3.17. The maximum atomic E-state index is 13.7. The summed E-state index contributed by atoms with van der Waals surface area (Å²) in [5.74, 6) is -4.70. The van der Waals surface area contributed by atoms with Crippen LogP contribution in [0.15, 0.2) is 51.9 Å². The van der Waals surface area contributed by atoms with Gasteiger partial charge in [-0.05, 0) is 24.3 Å². The second-order valence-electron chi connectivity index (χ2n) is 6.61. The summed E-state index contributed by atoms with van der Waals surface area (Å²) in [7, 11) is 1.24. The number of pyridine rings is 1. The quantitative estimate of drug-likeness (QED) is 0.463. The number of anilines is 1. The molecule has 0 fully saturated rings. The molecule has 0 bridgehead atoms. The van der Waals surface area contributed by atoms with Gasteiger partial charge in [-0.3, -0.25) is 13.9 Å². The highest BCUT2D eigenvalue weighted by Gasteiger charge is 2.37. The summed E-state index contributed by atoms with van der Waals surface area (Å²) >= 11 is 0. The van der Waals surface area contributed by atoms with Crippen LogP contribution >= 0.6 is 0 Å². The van der Waals surface area contributed by atoms with Gasteiger partial charge in [-0.25, -0.2) is 23.2 Å². The molecule has 14 heteroatoms. The van der Waals surface area contributed by atoms with Gasteiger partial charge in [0.05, 0.1) is 11.9 Å². The number of nitrogens with one attached hydrogen (secondary N) is 1. The van der Waals surface area contributed by atoms with Gasteiger partial charge in [0, 0.05) is 13.1 Å². The number of amides is 1. The van der Waals surface area contributed by atoms with Crippen LogP contribution in [0.3, 0.4) is 0 Å². The minimum Gasteiger partial charge on any atom is -0.320 e. The minimum atomic E-state index is -4.84. The molecule has 0 unspecified atom stereocenters. The smallest absolute Gasteiger partial charge is 0.320 e. The van der Waals surface area contributed by atoms with Gasteiger partial charge in [0.1, 0.15) is 22.9 Å². The van der Waals surface area contributed by atoms with E-state index in [1.54, 1.807) is 0 Å². The molecule has 0 saturated carbocycles. The van der Waals surface area contributed by atoms with Gasteiger partial charge in [0.25, 0.3) is 5.91 Å². The van der Waals surface area contributed by atoms with Crippen LogP contribution < -0.4 is 11.1 Å². The number of hydrogen-bond acceptors (Lipinski definition) is 6. The van der Waals surface area contributed by atoms with Gasteiger partial charge in [0.15, 0.2) is 11.5 Å². The zero-order chi connectivity index (χ0) is 23.9. The first kappa shape index (κ1) is 21.9. The summed E-state index contributed by atoms with van der Waals surface area (Å²) < 4.78 is 73.9. The first-order valence-electron chi connectivity index (χ1n) is 8.98. The Balaban J connectivity index is 1.67. The van der Waals surface area contributed by atoms with Crippen LogP contribution in [0.5, 0.6) is 0 Å². The molecule has 1 aromatic carbocycles. The van der Waals surface area contributed by atoms with E-state index in [2.05, 4.69) is 25.1 Å². The van der Waals surface area contributed by atoms with Gasteiger partial charge >= 0.3 is 11.9 Å².